The van der Waals surface area contributed by atoms with Crippen molar-refractivity contribution in [2.45, 2.75) is 58.0 Å². The first-order valence-electron chi connectivity index (χ1n) is 5.57. The van der Waals surface area contributed by atoms with Gasteiger partial charge in [-0.2, -0.15) is 0 Å². The molecule has 1 heteroatoms. The summed E-state index contributed by atoms with van der Waals surface area (Å²) in [7, 11) is 0. The highest BCUT2D eigenvalue weighted by atomic mass is 15.0. The SMILES string of the molecule is CC1(C)CCC(NC2CC=CC2)C1. The van der Waals surface area contributed by atoms with E-state index in [0.717, 1.165) is 12.1 Å². The Labute approximate surface area is 81.6 Å². The molecule has 0 aromatic rings. The van der Waals surface area contributed by atoms with Gasteiger partial charge in [0, 0.05) is 12.1 Å². The van der Waals surface area contributed by atoms with Crippen LogP contribution in [0.2, 0.25) is 0 Å². The second kappa shape index (κ2) is 3.45. The fraction of sp³-hybridized carbons (Fsp3) is 0.833. The van der Waals surface area contributed by atoms with Crippen LogP contribution in [0.1, 0.15) is 46.0 Å². The van der Waals surface area contributed by atoms with Gasteiger partial charge in [0.15, 0.2) is 0 Å². The van der Waals surface area contributed by atoms with Crippen LogP contribution in [0.4, 0.5) is 0 Å². The molecule has 2 aliphatic carbocycles. The summed E-state index contributed by atoms with van der Waals surface area (Å²) in [6.07, 6.45) is 11.2. The van der Waals surface area contributed by atoms with Gasteiger partial charge >= 0.3 is 0 Å². The molecule has 2 aliphatic rings. The summed E-state index contributed by atoms with van der Waals surface area (Å²) in [4.78, 5) is 0. The highest BCUT2D eigenvalue weighted by molar-refractivity contribution is 4.99. The molecule has 0 bridgehead atoms. The van der Waals surface area contributed by atoms with Crippen molar-refractivity contribution >= 4 is 0 Å². The van der Waals surface area contributed by atoms with Crippen LogP contribution >= 0.6 is 0 Å². The Morgan fingerprint density at radius 1 is 1.15 bits per heavy atom. The molecule has 1 atom stereocenters. The van der Waals surface area contributed by atoms with Gasteiger partial charge in [-0.1, -0.05) is 26.0 Å². The molecule has 1 saturated carbocycles. The first-order chi connectivity index (χ1) is 6.16. The van der Waals surface area contributed by atoms with Gasteiger partial charge in [0.05, 0.1) is 0 Å². The maximum atomic E-state index is 3.77. The Hall–Kier alpha value is -0.300. The average Bonchev–Trinajstić information content (AvgIpc) is 2.61. The fourth-order valence-electron chi connectivity index (χ4n) is 2.67. The lowest BCUT2D eigenvalue weighted by Gasteiger charge is -2.21. The Morgan fingerprint density at radius 2 is 1.85 bits per heavy atom. The zero-order valence-electron chi connectivity index (χ0n) is 8.84. The highest BCUT2D eigenvalue weighted by Gasteiger charge is 2.31. The molecule has 0 radical (unpaired) electrons. The van der Waals surface area contributed by atoms with E-state index in [1.807, 2.05) is 0 Å². The highest BCUT2D eigenvalue weighted by Crippen LogP contribution is 2.37. The molecule has 1 nitrogen and oxygen atoms in total. The van der Waals surface area contributed by atoms with Gasteiger partial charge in [0.2, 0.25) is 0 Å². The Kier molecular flexibility index (Phi) is 2.46. The minimum atomic E-state index is 0.587. The summed E-state index contributed by atoms with van der Waals surface area (Å²) in [6.45, 7) is 4.78. The predicted molar refractivity (Wildman–Crippen MR) is 56.7 cm³/mol. The molecule has 13 heavy (non-hydrogen) atoms. The first kappa shape index (κ1) is 9.26. The van der Waals surface area contributed by atoms with Crippen molar-refractivity contribution < 1.29 is 0 Å². The summed E-state index contributed by atoms with van der Waals surface area (Å²) >= 11 is 0. The lowest BCUT2D eigenvalue weighted by molar-refractivity contribution is 0.353. The predicted octanol–water partition coefficient (Wildman–Crippen LogP) is 2.87. The number of nitrogens with one attached hydrogen (secondary N) is 1. The number of rotatable bonds is 2. The molecule has 0 amide bonds. The minimum Gasteiger partial charge on any atom is -0.311 e. The number of hydrogen-bond donors (Lipinski definition) is 1. The molecule has 0 saturated heterocycles. The van der Waals surface area contributed by atoms with Crippen molar-refractivity contribution in [1.82, 2.24) is 5.32 Å². The smallest absolute Gasteiger partial charge is 0.0139 e. The Bertz CT molecular complexity index is 197. The molecule has 0 aromatic heterocycles. The second-order valence-corrected chi connectivity index (χ2v) is 5.41. The standard InChI is InChI=1S/C12H21N/c1-12(2)8-7-11(9-12)13-10-5-3-4-6-10/h3-4,10-11,13H,5-9H2,1-2H3. The Balaban J connectivity index is 1.77. The van der Waals surface area contributed by atoms with E-state index >= 15 is 0 Å². The maximum Gasteiger partial charge on any atom is 0.0139 e. The lowest BCUT2D eigenvalue weighted by Crippen LogP contribution is -2.35. The van der Waals surface area contributed by atoms with Crippen LogP contribution < -0.4 is 5.32 Å². The molecule has 0 heterocycles. The summed E-state index contributed by atoms with van der Waals surface area (Å²) in [6, 6.07) is 1.54. The van der Waals surface area contributed by atoms with Gasteiger partial charge in [0.1, 0.15) is 0 Å². The summed E-state index contributed by atoms with van der Waals surface area (Å²) in [5.74, 6) is 0. The van der Waals surface area contributed by atoms with Crippen LogP contribution in [0.5, 0.6) is 0 Å². The molecular weight excluding hydrogens is 158 g/mol. The molecule has 1 unspecified atom stereocenters. The van der Waals surface area contributed by atoms with Crippen molar-refractivity contribution in [3.8, 4) is 0 Å². The first-order valence-corrected chi connectivity index (χ1v) is 5.57. The van der Waals surface area contributed by atoms with E-state index in [1.54, 1.807) is 0 Å². The third kappa shape index (κ3) is 2.34. The van der Waals surface area contributed by atoms with E-state index in [0.29, 0.717) is 5.41 Å². The largest absolute Gasteiger partial charge is 0.311 e. The molecule has 0 aliphatic heterocycles. The van der Waals surface area contributed by atoms with E-state index in [9.17, 15) is 0 Å². The van der Waals surface area contributed by atoms with Gasteiger partial charge < -0.3 is 5.32 Å². The zero-order chi connectivity index (χ0) is 9.31. The van der Waals surface area contributed by atoms with E-state index in [4.69, 9.17) is 0 Å². The molecule has 0 spiro atoms. The molecule has 1 N–H and O–H groups in total. The molecule has 74 valence electrons. The van der Waals surface area contributed by atoms with Crippen molar-refractivity contribution in [3.63, 3.8) is 0 Å². The van der Waals surface area contributed by atoms with E-state index in [1.165, 1.54) is 32.1 Å². The zero-order valence-corrected chi connectivity index (χ0v) is 8.84. The van der Waals surface area contributed by atoms with Crippen molar-refractivity contribution in [1.29, 1.82) is 0 Å². The molecule has 2 rings (SSSR count). The van der Waals surface area contributed by atoms with Crippen LogP contribution in [0.25, 0.3) is 0 Å². The van der Waals surface area contributed by atoms with Gasteiger partial charge in [-0.15, -0.1) is 0 Å². The normalized spacial score (nSPS) is 32.9. The van der Waals surface area contributed by atoms with Gasteiger partial charge in [-0.05, 0) is 37.5 Å². The molecular formula is C12H21N. The maximum absolute atomic E-state index is 3.77. The van der Waals surface area contributed by atoms with Crippen molar-refractivity contribution in [2.75, 3.05) is 0 Å². The average molecular weight is 179 g/mol. The third-order valence-electron chi connectivity index (χ3n) is 3.45. The molecule has 1 fully saturated rings. The molecule has 0 aromatic carbocycles. The monoisotopic (exact) mass is 179 g/mol. The number of hydrogen-bond acceptors (Lipinski definition) is 1. The van der Waals surface area contributed by atoms with Crippen LogP contribution in [-0.2, 0) is 0 Å². The van der Waals surface area contributed by atoms with Crippen LogP contribution in [-0.4, -0.2) is 12.1 Å². The van der Waals surface area contributed by atoms with Gasteiger partial charge in [0.25, 0.3) is 0 Å². The summed E-state index contributed by atoms with van der Waals surface area (Å²) in [5.41, 5.74) is 0.587. The van der Waals surface area contributed by atoms with Crippen molar-refractivity contribution in [3.05, 3.63) is 12.2 Å². The second-order valence-electron chi connectivity index (χ2n) is 5.41. The van der Waals surface area contributed by atoms with Crippen LogP contribution in [0, 0.1) is 5.41 Å². The topological polar surface area (TPSA) is 12.0 Å². The van der Waals surface area contributed by atoms with Gasteiger partial charge in [-0.3, -0.25) is 0 Å². The van der Waals surface area contributed by atoms with Crippen LogP contribution in [0.3, 0.4) is 0 Å². The minimum absolute atomic E-state index is 0.587. The van der Waals surface area contributed by atoms with Crippen molar-refractivity contribution in [2.24, 2.45) is 5.41 Å². The third-order valence-corrected chi connectivity index (χ3v) is 3.45. The van der Waals surface area contributed by atoms with Gasteiger partial charge in [-0.25, -0.2) is 0 Å². The van der Waals surface area contributed by atoms with E-state index in [-0.39, 0.29) is 0 Å². The quantitative estimate of drug-likeness (QED) is 0.643. The van der Waals surface area contributed by atoms with E-state index < -0.39 is 0 Å². The van der Waals surface area contributed by atoms with E-state index in [2.05, 4.69) is 31.3 Å². The summed E-state index contributed by atoms with van der Waals surface area (Å²) < 4.78 is 0. The Morgan fingerprint density at radius 3 is 2.38 bits per heavy atom. The van der Waals surface area contributed by atoms with Crippen LogP contribution in [0.15, 0.2) is 12.2 Å². The fourth-order valence-corrected chi connectivity index (χ4v) is 2.67. The summed E-state index contributed by atoms with van der Waals surface area (Å²) in [5, 5.41) is 3.77. The lowest BCUT2D eigenvalue weighted by atomic mass is 9.92.